The molecule has 2 N–H and O–H groups in total. The van der Waals surface area contributed by atoms with Gasteiger partial charge in [-0.1, -0.05) is 24.3 Å². The molecule has 0 bridgehead atoms. The molecule has 0 aliphatic carbocycles. The van der Waals surface area contributed by atoms with Crippen LogP contribution in [0.4, 0.5) is 5.69 Å². The van der Waals surface area contributed by atoms with Crippen molar-refractivity contribution in [1.82, 2.24) is 0 Å². The minimum atomic E-state index is 0.900. The van der Waals surface area contributed by atoms with Gasteiger partial charge in [0.15, 0.2) is 0 Å². The largest absolute Gasteiger partial charge is 0.388 e. The fraction of sp³-hybridized carbons (Fsp3) is 0.182. The average Bonchev–Trinajstić information content (AvgIpc) is 2.16. The first-order valence-electron chi connectivity index (χ1n) is 4.17. The van der Waals surface area contributed by atoms with E-state index in [-0.39, 0.29) is 0 Å². The summed E-state index contributed by atoms with van der Waals surface area (Å²) in [5.74, 6) is 0. The summed E-state index contributed by atoms with van der Waals surface area (Å²) in [4.78, 5) is 0. The molecule has 2 nitrogen and oxygen atoms in total. The Hall–Kier alpha value is -1.57. The molecule has 1 aromatic rings. The first-order chi connectivity index (χ1) is 6.20. The van der Waals surface area contributed by atoms with Gasteiger partial charge in [-0.25, -0.2) is 0 Å². The fourth-order valence-electron chi connectivity index (χ4n) is 1.31. The van der Waals surface area contributed by atoms with Gasteiger partial charge in [-0.05, 0) is 18.6 Å². The molecule has 0 aliphatic heterocycles. The predicted octanol–water partition coefficient (Wildman–Crippen LogP) is 2.76. The van der Waals surface area contributed by atoms with Crippen molar-refractivity contribution in [3.63, 3.8) is 0 Å². The van der Waals surface area contributed by atoms with E-state index in [4.69, 9.17) is 5.41 Å². The molecule has 0 aromatic heterocycles. The van der Waals surface area contributed by atoms with Gasteiger partial charge < -0.3 is 10.7 Å². The Labute approximate surface area is 78.8 Å². The number of anilines is 1. The molecule has 0 unspecified atom stereocenters. The summed E-state index contributed by atoms with van der Waals surface area (Å²) in [6, 6.07) is 5.89. The van der Waals surface area contributed by atoms with Crippen molar-refractivity contribution in [3.8, 4) is 0 Å². The smallest absolute Gasteiger partial charge is 0.0432 e. The Bertz CT molecular complexity index is 340. The topological polar surface area (TPSA) is 35.9 Å². The zero-order valence-corrected chi connectivity index (χ0v) is 8.02. The third kappa shape index (κ3) is 1.78. The van der Waals surface area contributed by atoms with Gasteiger partial charge >= 0.3 is 0 Å². The van der Waals surface area contributed by atoms with E-state index in [9.17, 15) is 0 Å². The Morgan fingerprint density at radius 2 is 2.23 bits per heavy atom. The van der Waals surface area contributed by atoms with E-state index in [0.717, 1.165) is 22.4 Å². The van der Waals surface area contributed by atoms with Crippen molar-refractivity contribution in [1.29, 1.82) is 5.41 Å². The Morgan fingerprint density at radius 1 is 1.54 bits per heavy atom. The van der Waals surface area contributed by atoms with Crippen molar-refractivity contribution >= 4 is 17.5 Å². The standard InChI is InChI=1S/C11H14N2/c1-8(2)9-5-4-6-11(13-3)10(9)7-12/h4-7,12-13H,1H2,2-3H3. The molecule has 0 saturated carbocycles. The number of benzene rings is 1. The lowest BCUT2D eigenvalue weighted by Crippen LogP contribution is -1.97. The van der Waals surface area contributed by atoms with Crippen molar-refractivity contribution in [2.75, 3.05) is 12.4 Å². The molecule has 0 aliphatic rings. The molecular formula is C11H14N2. The highest BCUT2D eigenvalue weighted by Crippen LogP contribution is 2.22. The highest BCUT2D eigenvalue weighted by molar-refractivity contribution is 5.92. The van der Waals surface area contributed by atoms with E-state index >= 15 is 0 Å². The van der Waals surface area contributed by atoms with Crippen LogP contribution in [0.1, 0.15) is 18.1 Å². The highest BCUT2D eigenvalue weighted by atomic mass is 14.8. The van der Waals surface area contributed by atoms with Crippen LogP contribution < -0.4 is 5.32 Å². The fourth-order valence-corrected chi connectivity index (χ4v) is 1.31. The van der Waals surface area contributed by atoms with Gasteiger partial charge in [0.05, 0.1) is 0 Å². The van der Waals surface area contributed by atoms with Crippen LogP contribution >= 0.6 is 0 Å². The number of hydrogen-bond donors (Lipinski definition) is 2. The minimum absolute atomic E-state index is 0.900. The lowest BCUT2D eigenvalue weighted by molar-refractivity contribution is 1.45. The summed E-state index contributed by atoms with van der Waals surface area (Å²) in [6.07, 6.45) is 1.36. The maximum Gasteiger partial charge on any atom is 0.0432 e. The van der Waals surface area contributed by atoms with Gasteiger partial charge in [-0.15, -0.1) is 0 Å². The Morgan fingerprint density at radius 3 is 2.69 bits per heavy atom. The Balaban J connectivity index is 3.35. The molecule has 0 atom stereocenters. The second kappa shape index (κ2) is 3.90. The second-order valence-electron chi connectivity index (χ2n) is 2.94. The van der Waals surface area contributed by atoms with Crippen LogP contribution in [0.3, 0.4) is 0 Å². The van der Waals surface area contributed by atoms with Crippen LogP contribution in [-0.4, -0.2) is 13.3 Å². The zero-order chi connectivity index (χ0) is 9.84. The molecule has 0 amide bonds. The normalized spacial score (nSPS) is 9.38. The zero-order valence-electron chi connectivity index (χ0n) is 8.02. The van der Waals surface area contributed by atoms with E-state index in [0.29, 0.717) is 0 Å². The molecule has 0 radical (unpaired) electrons. The maximum absolute atomic E-state index is 7.32. The van der Waals surface area contributed by atoms with Crippen molar-refractivity contribution in [2.45, 2.75) is 6.92 Å². The molecule has 1 rings (SSSR count). The third-order valence-electron chi connectivity index (χ3n) is 1.98. The van der Waals surface area contributed by atoms with Gasteiger partial charge in [0.1, 0.15) is 0 Å². The predicted molar refractivity (Wildman–Crippen MR) is 58.6 cm³/mol. The monoisotopic (exact) mass is 174 g/mol. The van der Waals surface area contributed by atoms with Crippen LogP contribution in [0, 0.1) is 5.41 Å². The summed E-state index contributed by atoms with van der Waals surface area (Å²) in [6.45, 7) is 5.82. The summed E-state index contributed by atoms with van der Waals surface area (Å²) in [5.41, 5.74) is 3.88. The molecule has 1 aromatic carbocycles. The van der Waals surface area contributed by atoms with Crippen LogP contribution in [0.25, 0.3) is 5.57 Å². The van der Waals surface area contributed by atoms with E-state index in [1.54, 1.807) is 0 Å². The SMILES string of the molecule is C=C(C)c1cccc(NC)c1C=N. The first-order valence-corrected chi connectivity index (χ1v) is 4.17. The number of rotatable bonds is 3. The van der Waals surface area contributed by atoms with Gasteiger partial charge in [-0.2, -0.15) is 0 Å². The second-order valence-corrected chi connectivity index (χ2v) is 2.94. The van der Waals surface area contributed by atoms with Crippen LogP contribution in [0.2, 0.25) is 0 Å². The number of allylic oxidation sites excluding steroid dienone is 1. The molecule has 0 saturated heterocycles. The van der Waals surface area contributed by atoms with E-state index in [2.05, 4.69) is 11.9 Å². The average molecular weight is 174 g/mol. The van der Waals surface area contributed by atoms with Crippen molar-refractivity contribution in [2.24, 2.45) is 0 Å². The van der Waals surface area contributed by atoms with Gasteiger partial charge in [0.2, 0.25) is 0 Å². The summed E-state index contributed by atoms with van der Waals surface area (Å²) in [5, 5.41) is 10.4. The molecular weight excluding hydrogens is 160 g/mol. The lowest BCUT2D eigenvalue weighted by atomic mass is 10.0. The van der Waals surface area contributed by atoms with E-state index in [1.807, 2.05) is 32.2 Å². The molecule has 68 valence electrons. The van der Waals surface area contributed by atoms with Gasteiger partial charge in [0.25, 0.3) is 0 Å². The summed E-state index contributed by atoms with van der Waals surface area (Å²) >= 11 is 0. The summed E-state index contributed by atoms with van der Waals surface area (Å²) in [7, 11) is 1.85. The van der Waals surface area contributed by atoms with Crippen molar-refractivity contribution in [3.05, 3.63) is 35.9 Å². The molecule has 0 heterocycles. The van der Waals surface area contributed by atoms with Gasteiger partial charge in [-0.3, -0.25) is 0 Å². The van der Waals surface area contributed by atoms with E-state index < -0.39 is 0 Å². The number of nitrogens with one attached hydrogen (secondary N) is 2. The molecule has 0 fully saturated rings. The van der Waals surface area contributed by atoms with Crippen LogP contribution in [-0.2, 0) is 0 Å². The molecule has 2 heteroatoms. The van der Waals surface area contributed by atoms with Crippen LogP contribution in [0.5, 0.6) is 0 Å². The third-order valence-corrected chi connectivity index (χ3v) is 1.98. The maximum atomic E-state index is 7.32. The Kier molecular flexibility index (Phi) is 2.85. The minimum Gasteiger partial charge on any atom is -0.388 e. The molecule has 13 heavy (non-hydrogen) atoms. The number of hydrogen-bond acceptors (Lipinski definition) is 2. The quantitative estimate of drug-likeness (QED) is 0.679. The summed E-state index contributed by atoms with van der Waals surface area (Å²) < 4.78 is 0. The van der Waals surface area contributed by atoms with Crippen molar-refractivity contribution < 1.29 is 0 Å². The highest BCUT2D eigenvalue weighted by Gasteiger charge is 2.04. The van der Waals surface area contributed by atoms with Crippen LogP contribution in [0.15, 0.2) is 24.8 Å². The first kappa shape index (κ1) is 9.52. The lowest BCUT2D eigenvalue weighted by Gasteiger charge is -2.09. The van der Waals surface area contributed by atoms with E-state index in [1.165, 1.54) is 6.21 Å². The van der Waals surface area contributed by atoms with Gasteiger partial charge in [0, 0.05) is 24.5 Å². The molecule has 0 spiro atoms.